The van der Waals surface area contributed by atoms with Gasteiger partial charge in [-0.05, 0) is 13.1 Å². The number of fused-ring (bicyclic) bond motifs is 1. The van der Waals surface area contributed by atoms with Crippen molar-refractivity contribution in [2.24, 2.45) is 0 Å². The SMILES string of the molecule is COCC1OC(n2c(C)nc3[c-]nc(C)nc32)CC1O.[Y]. The maximum Gasteiger partial charge on any atom is 0.129 e. The average Bonchev–Trinajstić information content (AvgIpc) is 2.90. The Hall–Kier alpha value is -0.466. The summed E-state index contributed by atoms with van der Waals surface area (Å²) in [5, 5.41) is 10.0. The molecule has 0 bridgehead atoms. The number of nitrogens with zero attached hydrogens (tertiary/aromatic N) is 4. The van der Waals surface area contributed by atoms with Gasteiger partial charge in [0.15, 0.2) is 0 Å². The van der Waals surface area contributed by atoms with Crippen LogP contribution in [0.4, 0.5) is 0 Å². The number of imidazole rings is 1. The van der Waals surface area contributed by atoms with Gasteiger partial charge in [0.05, 0.1) is 24.2 Å². The van der Waals surface area contributed by atoms with Gasteiger partial charge in [0.2, 0.25) is 0 Å². The zero-order valence-electron chi connectivity index (χ0n) is 12.3. The molecule has 0 aromatic carbocycles. The van der Waals surface area contributed by atoms with Gasteiger partial charge >= 0.3 is 0 Å². The smallest absolute Gasteiger partial charge is 0.129 e. The Morgan fingerprint density at radius 3 is 2.90 bits per heavy atom. The summed E-state index contributed by atoms with van der Waals surface area (Å²) in [7, 11) is 1.59. The number of aryl methyl sites for hydroxylation is 2. The maximum atomic E-state index is 10.0. The zero-order valence-corrected chi connectivity index (χ0v) is 15.1. The van der Waals surface area contributed by atoms with Crippen LogP contribution in [0.5, 0.6) is 0 Å². The van der Waals surface area contributed by atoms with Crippen molar-refractivity contribution in [3.63, 3.8) is 0 Å². The van der Waals surface area contributed by atoms with Gasteiger partial charge < -0.3 is 29.1 Å². The van der Waals surface area contributed by atoms with Gasteiger partial charge in [-0.15, -0.1) is 0 Å². The van der Waals surface area contributed by atoms with Crippen LogP contribution in [0.3, 0.4) is 0 Å². The quantitative estimate of drug-likeness (QED) is 0.799. The van der Waals surface area contributed by atoms with Gasteiger partial charge in [-0.1, -0.05) is 6.92 Å². The fourth-order valence-electron chi connectivity index (χ4n) is 2.56. The summed E-state index contributed by atoms with van der Waals surface area (Å²) < 4.78 is 12.8. The molecule has 0 amide bonds. The molecule has 8 heteroatoms. The largest absolute Gasteiger partial charge is 0.390 e. The van der Waals surface area contributed by atoms with Crippen LogP contribution >= 0.6 is 0 Å². The summed E-state index contributed by atoms with van der Waals surface area (Å²) in [6, 6.07) is 0. The first-order chi connectivity index (χ1) is 9.60. The number of methoxy groups -OCH3 is 1. The van der Waals surface area contributed by atoms with E-state index in [1.54, 1.807) is 14.0 Å². The number of aromatic nitrogens is 4. The van der Waals surface area contributed by atoms with Gasteiger partial charge in [-0.3, -0.25) is 4.98 Å². The minimum absolute atomic E-state index is 0. The van der Waals surface area contributed by atoms with Gasteiger partial charge in [-0.25, -0.2) is 0 Å². The molecule has 1 aliphatic heterocycles. The van der Waals surface area contributed by atoms with Crippen LogP contribution in [-0.2, 0) is 42.2 Å². The third kappa shape index (κ3) is 3.17. The van der Waals surface area contributed by atoms with E-state index >= 15 is 0 Å². The first-order valence-corrected chi connectivity index (χ1v) is 6.53. The molecule has 1 fully saturated rings. The molecule has 2 aromatic rings. The van der Waals surface area contributed by atoms with Crippen molar-refractivity contribution in [3.05, 3.63) is 17.8 Å². The first-order valence-electron chi connectivity index (χ1n) is 6.53. The number of hydrogen-bond donors (Lipinski definition) is 1. The Labute approximate surface area is 148 Å². The summed E-state index contributed by atoms with van der Waals surface area (Å²) in [6.45, 7) is 4.05. The number of ether oxygens (including phenoxy) is 2. The topological polar surface area (TPSA) is 82.3 Å². The maximum absolute atomic E-state index is 10.0. The normalized spacial score (nSPS) is 25.2. The van der Waals surface area contributed by atoms with Gasteiger partial charge in [0.25, 0.3) is 0 Å². The summed E-state index contributed by atoms with van der Waals surface area (Å²) in [6.07, 6.45) is 2.18. The number of hydrogen-bond acceptors (Lipinski definition) is 6. The average molecular weight is 366 g/mol. The molecule has 111 valence electrons. The molecule has 1 saturated heterocycles. The van der Waals surface area contributed by atoms with E-state index in [1.807, 2.05) is 11.5 Å². The Bertz CT molecular complexity index is 633. The monoisotopic (exact) mass is 366 g/mol. The molecular formula is C13H17N4O3Y-. The molecule has 1 radical (unpaired) electrons. The summed E-state index contributed by atoms with van der Waals surface area (Å²) >= 11 is 0. The van der Waals surface area contributed by atoms with Crippen LogP contribution in [0.15, 0.2) is 0 Å². The first kappa shape index (κ1) is 16.9. The molecule has 3 unspecified atom stereocenters. The second-order valence-electron chi connectivity index (χ2n) is 4.97. The van der Waals surface area contributed by atoms with Crippen molar-refractivity contribution in [1.82, 2.24) is 19.5 Å². The van der Waals surface area contributed by atoms with E-state index in [2.05, 4.69) is 21.1 Å². The van der Waals surface area contributed by atoms with Crippen molar-refractivity contribution >= 4 is 11.2 Å². The number of rotatable bonds is 3. The molecular weight excluding hydrogens is 349 g/mol. The minimum atomic E-state index is -0.552. The van der Waals surface area contributed by atoms with Crippen LogP contribution < -0.4 is 0 Å². The molecule has 2 aromatic heterocycles. The van der Waals surface area contributed by atoms with Gasteiger partial charge in [0.1, 0.15) is 12.3 Å². The number of aliphatic hydroxyl groups is 1. The van der Waals surface area contributed by atoms with E-state index in [0.29, 0.717) is 30.0 Å². The summed E-state index contributed by atoms with van der Waals surface area (Å²) in [4.78, 5) is 12.8. The van der Waals surface area contributed by atoms with Gasteiger partial charge in [0, 0.05) is 57.6 Å². The van der Waals surface area contributed by atoms with E-state index in [9.17, 15) is 5.11 Å². The molecule has 1 aliphatic rings. The Balaban J connectivity index is 0.00000161. The second-order valence-corrected chi connectivity index (χ2v) is 4.97. The van der Waals surface area contributed by atoms with E-state index in [4.69, 9.17) is 9.47 Å². The van der Waals surface area contributed by atoms with E-state index < -0.39 is 6.10 Å². The van der Waals surface area contributed by atoms with Crippen LogP contribution in [0, 0.1) is 20.0 Å². The number of aliphatic hydroxyl groups excluding tert-OH is 1. The standard InChI is InChI=1S/C13H17N4O3.Y/c1-7-14-5-9-13(15-7)17(8(2)16-9)12-4-10(18)11(20-12)6-19-3;/h10-12,18H,4,6H2,1-3H3;/q-1;. The predicted molar refractivity (Wildman–Crippen MR) is 70.0 cm³/mol. The fraction of sp³-hybridized carbons (Fsp3) is 0.615. The van der Waals surface area contributed by atoms with Crippen LogP contribution in [0.2, 0.25) is 0 Å². The van der Waals surface area contributed by atoms with Crippen molar-refractivity contribution in [2.75, 3.05) is 13.7 Å². The molecule has 3 rings (SSSR count). The molecule has 7 nitrogen and oxygen atoms in total. The third-order valence-corrected chi connectivity index (χ3v) is 3.48. The molecule has 0 saturated carbocycles. The van der Waals surface area contributed by atoms with Crippen LogP contribution in [0.1, 0.15) is 24.3 Å². The summed E-state index contributed by atoms with van der Waals surface area (Å²) in [5.41, 5.74) is 1.30. The molecule has 3 heterocycles. The van der Waals surface area contributed by atoms with E-state index in [1.165, 1.54) is 0 Å². The van der Waals surface area contributed by atoms with Crippen LogP contribution in [0.25, 0.3) is 11.2 Å². The third-order valence-electron chi connectivity index (χ3n) is 3.48. The molecule has 1 N–H and O–H groups in total. The van der Waals surface area contributed by atoms with E-state index in [0.717, 1.165) is 5.82 Å². The molecule has 0 aliphatic carbocycles. The van der Waals surface area contributed by atoms with Crippen LogP contribution in [-0.4, -0.2) is 50.6 Å². The fourth-order valence-corrected chi connectivity index (χ4v) is 2.56. The van der Waals surface area contributed by atoms with Crippen molar-refractivity contribution in [3.8, 4) is 0 Å². The molecule has 0 spiro atoms. The Kier molecular flexibility index (Phi) is 5.43. The van der Waals surface area contributed by atoms with Gasteiger partial charge in [-0.2, -0.15) is 0 Å². The van der Waals surface area contributed by atoms with Crippen molar-refractivity contribution in [2.45, 2.75) is 38.7 Å². The summed E-state index contributed by atoms with van der Waals surface area (Å²) in [5.74, 6) is 1.40. The minimum Gasteiger partial charge on any atom is -0.390 e. The van der Waals surface area contributed by atoms with E-state index in [-0.39, 0.29) is 45.0 Å². The molecule has 21 heavy (non-hydrogen) atoms. The Morgan fingerprint density at radius 2 is 2.19 bits per heavy atom. The molecule has 3 atom stereocenters. The van der Waals surface area contributed by atoms with Crippen molar-refractivity contribution < 1.29 is 47.3 Å². The van der Waals surface area contributed by atoms with Crippen molar-refractivity contribution in [1.29, 1.82) is 0 Å². The Morgan fingerprint density at radius 1 is 1.43 bits per heavy atom. The predicted octanol–water partition coefficient (Wildman–Crippen LogP) is 0.536. The zero-order chi connectivity index (χ0) is 14.3. The second kappa shape index (κ2) is 6.75.